The SMILES string of the molecule is CC(C)c1n[nH]c(C2CC=CCC2C(=O)O)n1. The Balaban J connectivity index is 2.24. The largest absolute Gasteiger partial charge is 0.481 e. The van der Waals surface area contributed by atoms with Crippen LogP contribution in [-0.2, 0) is 4.79 Å². The molecule has 1 heterocycles. The van der Waals surface area contributed by atoms with Crippen LogP contribution in [0.25, 0.3) is 0 Å². The molecule has 0 saturated carbocycles. The summed E-state index contributed by atoms with van der Waals surface area (Å²) < 4.78 is 0. The molecule has 0 amide bonds. The lowest BCUT2D eigenvalue weighted by Gasteiger charge is -2.22. The highest BCUT2D eigenvalue weighted by atomic mass is 16.4. The lowest BCUT2D eigenvalue weighted by molar-refractivity contribution is -0.142. The number of carbonyl (C=O) groups is 1. The Morgan fingerprint density at radius 2 is 2.18 bits per heavy atom. The highest BCUT2D eigenvalue weighted by Crippen LogP contribution is 2.33. The molecule has 0 radical (unpaired) electrons. The van der Waals surface area contributed by atoms with Crippen molar-refractivity contribution in [3.63, 3.8) is 0 Å². The van der Waals surface area contributed by atoms with Crippen LogP contribution in [0.3, 0.4) is 0 Å². The number of allylic oxidation sites excluding steroid dienone is 2. The van der Waals surface area contributed by atoms with Gasteiger partial charge in [0.15, 0.2) is 5.82 Å². The lowest BCUT2D eigenvalue weighted by atomic mass is 9.82. The van der Waals surface area contributed by atoms with E-state index in [1.165, 1.54) is 0 Å². The van der Waals surface area contributed by atoms with Gasteiger partial charge in [-0.15, -0.1) is 0 Å². The third-order valence-corrected chi connectivity index (χ3v) is 3.14. The maximum atomic E-state index is 11.2. The molecule has 0 aliphatic heterocycles. The number of hydrogen-bond acceptors (Lipinski definition) is 3. The van der Waals surface area contributed by atoms with Crippen LogP contribution in [0.4, 0.5) is 0 Å². The summed E-state index contributed by atoms with van der Waals surface area (Å²) >= 11 is 0. The zero-order valence-electron chi connectivity index (χ0n) is 10.1. The molecular formula is C12H17N3O2. The Kier molecular flexibility index (Phi) is 3.26. The smallest absolute Gasteiger partial charge is 0.307 e. The number of hydrogen-bond donors (Lipinski definition) is 2. The Morgan fingerprint density at radius 1 is 1.47 bits per heavy atom. The summed E-state index contributed by atoms with van der Waals surface area (Å²) in [4.78, 5) is 15.6. The van der Waals surface area contributed by atoms with E-state index in [0.29, 0.717) is 18.7 Å². The molecule has 2 rings (SSSR count). The Labute approximate surface area is 100.0 Å². The summed E-state index contributed by atoms with van der Waals surface area (Å²) in [5, 5.41) is 16.2. The normalized spacial score (nSPS) is 24.2. The quantitative estimate of drug-likeness (QED) is 0.786. The van der Waals surface area contributed by atoms with E-state index in [9.17, 15) is 9.90 Å². The second-order valence-corrected chi connectivity index (χ2v) is 4.73. The Morgan fingerprint density at radius 3 is 2.76 bits per heavy atom. The summed E-state index contributed by atoms with van der Waals surface area (Å²) in [6.45, 7) is 4.03. The van der Waals surface area contributed by atoms with Gasteiger partial charge in [0.05, 0.1) is 5.92 Å². The van der Waals surface area contributed by atoms with Crippen LogP contribution in [0.5, 0.6) is 0 Å². The molecule has 0 bridgehead atoms. The second kappa shape index (κ2) is 4.69. The standard InChI is InChI=1S/C12H17N3O2/c1-7(2)10-13-11(15-14-10)8-5-3-4-6-9(8)12(16)17/h3-4,7-9H,5-6H2,1-2H3,(H,16,17)(H,13,14,15). The summed E-state index contributed by atoms with van der Waals surface area (Å²) in [7, 11) is 0. The molecule has 0 fully saturated rings. The Hall–Kier alpha value is -1.65. The van der Waals surface area contributed by atoms with Gasteiger partial charge < -0.3 is 5.11 Å². The van der Waals surface area contributed by atoms with Crippen molar-refractivity contribution in [3.8, 4) is 0 Å². The average Bonchev–Trinajstić information content (AvgIpc) is 2.78. The van der Waals surface area contributed by atoms with Gasteiger partial charge in [-0.25, -0.2) is 4.98 Å². The summed E-state index contributed by atoms with van der Waals surface area (Å²) in [5.41, 5.74) is 0. The topological polar surface area (TPSA) is 78.9 Å². The number of carboxylic acid groups (broad SMARTS) is 1. The van der Waals surface area contributed by atoms with Gasteiger partial charge in [0.25, 0.3) is 0 Å². The van der Waals surface area contributed by atoms with Gasteiger partial charge in [-0.05, 0) is 12.8 Å². The number of nitrogens with zero attached hydrogens (tertiary/aromatic N) is 2. The highest BCUT2D eigenvalue weighted by molar-refractivity contribution is 5.71. The third-order valence-electron chi connectivity index (χ3n) is 3.14. The van der Waals surface area contributed by atoms with Gasteiger partial charge in [0.1, 0.15) is 5.82 Å². The van der Waals surface area contributed by atoms with Crippen LogP contribution in [0.15, 0.2) is 12.2 Å². The highest BCUT2D eigenvalue weighted by Gasteiger charge is 2.32. The first kappa shape index (κ1) is 11.8. The van der Waals surface area contributed by atoms with Gasteiger partial charge in [-0.3, -0.25) is 9.89 Å². The van der Waals surface area contributed by atoms with E-state index in [-0.39, 0.29) is 11.8 Å². The molecule has 2 atom stereocenters. The summed E-state index contributed by atoms with van der Waals surface area (Å²) in [6.07, 6.45) is 5.22. The van der Waals surface area contributed by atoms with Gasteiger partial charge in [-0.2, -0.15) is 5.10 Å². The molecule has 92 valence electrons. The van der Waals surface area contributed by atoms with Crippen LogP contribution in [0.2, 0.25) is 0 Å². The minimum absolute atomic E-state index is 0.0856. The van der Waals surface area contributed by atoms with Gasteiger partial charge in [-0.1, -0.05) is 26.0 Å². The van der Waals surface area contributed by atoms with Gasteiger partial charge >= 0.3 is 5.97 Å². The van der Waals surface area contributed by atoms with E-state index in [0.717, 1.165) is 5.82 Å². The fourth-order valence-corrected chi connectivity index (χ4v) is 2.10. The predicted octanol–water partition coefficient (Wildman–Crippen LogP) is 2.06. The minimum Gasteiger partial charge on any atom is -0.481 e. The maximum Gasteiger partial charge on any atom is 0.307 e. The van der Waals surface area contributed by atoms with Crippen molar-refractivity contribution >= 4 is 5.97 Å². The van der Waals surface area contributed by atoms with Crippen molar-refractivity contribution in [2.75, 3.05) is 0 Å². The van der Waals surface area contributed by atoms with Crippen molar-refractivity contribution < 1.29 is 9.90 Å². The second-order valence-electron chi connectivity index (χ2n) is 4.73. The Bertz CT molecular complexity index is 437. The van der Waals surface area contributed by atoms with Crippen LogP contribution in [0.1, 0.15) is 50.2 Å². The van der Waals surface area contributed by atoms with Gasteiger partial charge in [0.2, 0.25) is 0 Å². The lowest BCUT2D eigenvalue weighted by Crippen LogP contribution is -2.24. The monoisotopic (exact) mass is 235 g/mol. The average molecular weight is 235 g/mol. The molecule has 1 aromatic rings. The zero-order valence-corrected chi connectivity index (χ0v) is 10.1. The molecule has 1 aliphatic rings. The van der Waals surface area contributed by atoms with Crippen LogP contribution in [-0.4, -0.2) is 26.3 Å². The van der Waals surface area contributed by atoms with Crippen molar-refractivity contribution in [3.05, 3.63) is 23.8 Å². The molecule has 0 saturated heterocycles. The molecule has 1 aromatic heterocycles. The molecular weight excluding hydrogens is 218 g/mol. The first-order valence-corrected chi connectivity index (χ1v) is 5.89. The van der Waals surface area contributed by atoms with Crippen LogP contribution < -0.4 is 0 Å². The van der Waals surface area contributed by atoms with E-state index in [1.54, 1.807) is 0 Å². The van der Waals surface area contributed by atoms with E-state index >= 15 is 0 Å². The number of aromatic amines is 1. The van der Waals surface area contributed by atoms with E-state index < -0.39 is 11.9 Å². The summed E-state index contributed by atoms with van der Waals surface area (Å²) in [5.74, 6) is 0.457. The van der Waals surface area contributed by atoms with Crippen molar-refractivity contribution in [1.29, 1.82) is 0 Å². The first-order chi connectivity index (χ1) is 8.09. The number of aliphatic carboxylic acids is 1. The number of carboxylic acids is 1. The zero-order chi connectivity index (χ0) is 12.4. The molecule has 0 aromatic carbocycles. The fraction of sp³-hybridized carbons (Fsp3) is 0.583. The van der Waals surface area contributed by atoms with Crippen LogP contribution in [0, 0.1) is 5.92 Å². The van der Waals surface area contributed by atoms with Crippen molar-refractivity contribution in [2.45, 2.75) is 38.5 Å². The van der Waals surface area contributed by atoms with Crippen molar-refractivity contribution in [2.24, 2.45) is 5.92 Å². The number of nitrogens with one attached hydrogen (secondary N) is 1. The predicted molar refractivity (Wildman–Crippen MR) is 62.7 cm³/mol. The van der Waals surface area contributed by atoms with E-state index in [4.69, 9.17) is 0 Å². The minimum atomic E-state index is -0.762. The van der Waals surface area contributed by atoms with E-state index in [1.807, 2.05) is 26.0 Å². The maximum absolute atomic E-state index is 11.2. The number of aromatic nitrogens is 3. The number of H-pyrrole nitrogens is 1. The molecule has 0 spiro atoms. The first-order valence-electron chi connectivity index (χ1n) is 5.89. The number of rotatable bonds is 3. The van der Waals surface area contributed by atoms with Gasteiger partial charge in [0, 0.05) is 11.8 Å². The van der Waals surface area contributed by atoms with Crippen molar-refractivity contribution in [1.82, 2.24) is 15.2 Å². The van der Waals surface area contributed by atoms with Crippen LogP contribution >= 0.6 is 0 Å². The molecule has 5 heteroatoms. The molecule has 2 unspecified atom stereocenters. The molecule has 17 heavy (non-hydrogen) atoms. The molecule has 2 N–H and O–H groups in total. The third kappa shape index (κ3) is 2.38. The fourth-order valence-electron chi connectivity index (χ4n) is 2.10. The van der Waals surface area contributed by atoms with E-state index in [2.05, 4.69) is 15.2 Å². The molecule has 1 aliphatic carbocycles. The molecule has 5 nitrogen and oxygen atoms in total. The summed E-state index contributed by atoms with van der Waals surface area (Å²) in [6, 6.07) is 0.